The zero-order valence-corrected chi connectivity index (χ0v) is 15.0. The van der Waals surface area contributed by atoms with Gasteiger partial charge in [-0.25, -0.2) is 0 Å². The molecule has 0 bridgehead atoms. The molecule has 1 rings (SSSR count). The van der Waals surface area contributed by atoms with Gasteiger partial charge < -0.3 is 21.3 Å². The normalized spacial score (nSPS) is 13.3. The molecule has 23 heavy (non-hydrogen) atoms. The molecule has 2 atom stereocenters. The first-order chi connectivity index (χ1) is 10.9. The number of aliphatic hydroxyl groups is 1. The molecule has 0 aliphatic heterocycles. The quantitative estimate of drug-likeness (QED) is 0.415. The van der Waals surface area contributed by atoms with Gasteiger partial charge in [0.25, 0.3) is 0 Å². The van der Waals surface area contributed by atoms with E-state index in [0.717, 1.165) is 12.8 Å². The van der Waals surface area contributed by atoms with Crippen LogP contribution in [0.25, 0.3) is 0 Å². The van der Waals surface area contributed by atoms with Crippen LogP contribution in [0.5, 0.6) is 0 Å². The van der Waals surface area contributed by atoms with Crippen molar-refractivity contribution in [2.24, 2.45) is 5.73 Å². The molecule has 0 fully saturated rings. The predicted molar refractivity (Wildman–Crippen MR) is 96.0 cm³/mol. The minimum atomic E-state index is -1.09. The van der Waals surface area contributed by atoms with Crippen molar-refractivity contribution >= 4 is 34.5 Å². The van der Waals surface area contributed by atoms with Gasteiger partial charge in [0.1, 0.15) is 6.04 Å². The van der Waals surface area contributed by atoms with Crippen LogP contribution in [0.2, 0.25) is 0 Å². The average Bonchev–Trinajstić information content (AvgIpc) is 2.52. The molecule has 0 radical (unpaired) electrons. The number of nitrogens with two attached hydrogens (primary N) is 1. The van der Waals surface area contributed by atoms with E-state index in [2.05, 4.69) is 40.0 Å². The number of aryl methyl sites for hydroxylation is 1. The second-order valence-electron chi connectivity index (χ2n) is 5.46. The van der Waals surface area contributed by atoms with Crippen LogP contribution in [-0.2, 0) is 16.0 Å². The Morgan fingerprint density at radius 1 is 1.22 bits per heavy atom. The topological polar surface area (TPSA) is 113 Å². The summed E-state index contributed by atoms with van der Waals surface area (Å²) in [4.78, 5) is 22.3. The predicted octanol–water partition coefficient (Wildman–Crippen LogP) is 1.28. The van der Waals surface area contributed by atoms with Crippen LogP contribution in [0.1, 0.15) is 31.2 Å². The number of hydrogen-bond acceptors (Lipinski definition) is 4. The van der Waals surface area contributed by atoms with Crippen molar-refractivity contribution in [3.8, 4) is 0 Å². The van der Waals surface area contributed by atoms with E-state index in [0.29, 0.717) is 6.42 Å². The molecule has 0 aliphatic rings. The third-order valence-corrected chi connectivity index (χ3v) is 4.16. The number of rotatable bonds is 10. The van der Waals surface area contributed by atoms with Crippen LogP contribution in [0, 0.1) is 3.57 Å². The van der Waals surface area contributed by atoms with Crippen LogP contribution in [-0.4, -0.2) is 40.8 Å². The number of carbonyl (C=O) groups is 2. The summed E-state index contributed by atoms with van der Waals surface area (Å²) < 4.78 is 1.18. The number of halogens is 1. The van der Waals surface area contributed by atoms with Crippen LogP contribution < -0.4 is 11.1 Å². The van der Waals surface area contributed by atoms with Crippen LogP contribution in [0.3, 0.4) is 0 Å². The average molecular weight is 434 g/mol. The summed E-state index contributed by atoms with van der Waals surface area (Å²) in [5.41, 5.74) is 6.55. The monoisotopic (exact) mass is 434 g/mol. The highest BCUT2D eigenvalue weighted by Crippen LogP contribution is 2.09. The van der Waals surface area contributed by atoms with E-state index in [1.54, 1.807) is 0 Å². The largest absolute Gasteiger partial charge is 0.480 e. The van der Waals surface area contributed by atoms with Gasteiger partial charge in [0.05, 0.1) is 6.10 Å². The standard InChI is InChI=1S/C16H23IN2O4/c17-12-6-4-11(5-7-12)2-1-3-15(21)19-10-13(20)8-9-14(18)16(22)23/h4-7,13-14,20H,1-3,8-10,18H2,(H,19,21)(H,22,23). The lowest BCUT2D eigenvalue weighted by Crippen LogP contribution is -2.35. The molecule has 1 aromatic rings. The number of aliphatic carboxylic acids is 1. The van der Waals surface area contributed by atoms with Crippen molar-refractivity contribution in [1.29, 1.82) is 0 Å². The maximum atomic E-state index is 11.7. The minimum Gasteiger partial charge on any atom is -0.480 e. The summed E-state index contributed by atoms with van der Waals surface area (Å²) in [6.45, 7) is 0.120. The van der Waals surface area contributed by atoms with E-state index in [4.69, 9.17) is 10.8 Å². The number of amides is 1. The highest BCUT2D eigenvalue weighted by Gasteiger charge is 2.14. The summed E-state index contributed by atoms with van der Waals surface area (Å²) in [6.07, 6.45) is 1.62. The molecular formula is C16H23IN2O4. The number of hydrogen-bond donors (Lipinski definition) is 4. The molecule has 0 aliphatic carbocycles. The first-order valence-electron chi connectivity index (χ1n) is 7.56. The first-order valence-corrected chi connectivity index (χ1v) is 8.64. The number of carboxylic acid groups (broad SMARTS) is 1. The Morgan fingerprint density at radius 3 is 2.48 bits per heavy atom. The highest BCUT2D eigenvalue weighted by atomic mass is 127. The molecule has 0 aromatic heterocycles. The first kappa shape index (κ1) is 19.9. The van der Waals surface area contributed by atoms with E-state index >= 15 is 0 Å². The Balaban J connectivity index is 2.14. The van der Waals surface area contributed by atoms with Crippen molar-refractivity contribution in [3.05, 3.63) is 33.4 Å². The lowest BCUT2D eigenvalue weighted by molar-refractivity contribution is -0.138. The number of benzene rings is 1. The maximum absolute atomic E-state index is 11.7. The molecule has 1 amide bonds. The van der Waals surface area contributed by atoms with Crippen molar-refractivity contribution in [2.75, 3.05) is 6.54 Å². The second kappa shape index (κ2) is 10.6. The van der Waals surface area contributed by atoms with E-state index in [1.807, 2.05) is 12.1 Å². The summed E-state index contributed by atoms with van der Waals surface area (Å²) in [6, 6.07) is 7.20. The molecule has 7 heteroatoms. The van der Waals surface area contributed by atoms with E-state index < -0.39 is 18.1 Å². The molecule has 1 aromatic carbocycles. The molecule has 0 saturated carbocycles. The molecule has 2 unspecified atom stereocenters. The number of nitrogens with one attached hydrogen (secondary N) is 1. The molecular weight excluding hydrogens is 411 g/mol. The Kier molecular flexibility index (Phi) is 9.12. The fourth-order valence-electron chi connectivity index (χ4n) is 2.02. The van der Waals surface area contributed by atoms with E-state index in [9.17, 15) is 14.7 Å². The molecule has 0 spiro atoms. The Hall–Kier alpha value is -1.19. The van der Waals surface area contributed by atoms with Gasteiger partial charge in [0.2, 0.25) is 5.91 Å². The summed E-state index contributed by atoms with van der Waals surface area (Å²) in [7, 11) is 0. The summed E-state index contributed by atoms with van der Waals surface area (Å²) in [5.74, 6) is -1.20. The molecule has 5 N–H and O–H groups in total. The van der Waals surface area contributed by atoms with Gasteiger partial charge in [-0.1, -0.05) is 12.1 Å². The second-order valence-corrected chi connectivity index (χ2v) is 6.71. The van der Waals surface area contributed by atoms with E-state index in [1.165, 1.54) is 9.13 Å². The van der Waals surface area contributed by atoms with Gasteiger partial charge in [-0.2, -0.15) is 0 Å². The summed E-state index contributed by atoms with van der Waals surface area (Å²) in [5, 5.41) is 21.0. The zero-order valence-electron chi connectivity index (χ0n) is 12.9. The van der Waals surface area contributed by atoms with Crippen molar-refractivity contribution < 1.29 is 19.8 Å². The van der Waals surface area contributed by atoms with Crippen LogP contribution in [0.15, 0.2) is 24.3 Å². The van der Waals surface area contributed by atoms with Crippen LogP contribution >= 0.6 is 22.6 Å². The van der Waals surface area contributed by atoms with Gasteiger partial charge in [0.15, 0.2) is 0 Å². The third kappa shape index (κ3) is 8.87. The SMILES string of the molecule is NC(CCC(O)CNC(=O)CCCc1ccc(I)cc1)C(=O)O. The van der Waals surface area contributed by atoms with Gasteiger partial charge in [0, 0.05) is 16.5 Å². The third-order valence-electron chi connectivity index (χ3n) is 3.45. The van der Waals surface area contributed by atoms with Crippen LogP contribution in [0.4, 0.5) is 0 Å². The Labute approximate surface area is 149 Å². The van der Waals surface area contributed by atoms with Gasteiger partial charge in [-0.15, -0.1) is 0 Å². The lowest BCUT2D eigenvalue weighted by Gasteiger charge is -2.13. The lowest BCUT2D eigenvalue weighted by atomic mass is 10.1. The van der Waals surface area contributed by atoms with Crippen molar-refractivity contribution in [2.45, 2.75) is 44.2 Å². The van der Waals surface area contributed by atoms with E-state index in [-0.39, 0.29) is 25.3 Å². The molecule has 0 saturated heterocycles. The fourth-order valence-corrected chi connectivity index (χ4v) is 2.38. The van der Waals surface area contributed by atoms with Crippen molar-refractivity contribution in [3.63, 3.8) is 0 Å². The smallest absolute Gasteiger partial charge is 0.320 e. The Morgan fingerprint density at radius 2 is 1.87 bits per heavy atom. The summed E-state index contributed by atoms with van der Waals surface area (Å²) >= 11 is 2.25. The highest BCUT2D eigenvalue weighted by molar-refractivity contribution is 14.1. The molecule has 6 nitrogen and oxygen atoms in total. The molecule has 0 heterocycles. The van der Waals surface area contributed by atoms with Gasteiger partial charge in [-0.05, 0) is 66.0 Å². The number of carboxylic acids is 1. The zero-order chi connectivity index (χ0) is 17.2. The van der Waals surface area contributed by atoms with Gasteiger partial charge >= 0.3 is 5.97 Å². The Bertz CT molecular complexity index is 507. The molecule has 128 valence electrons. The number of carbonyl (C=O) groups excluding carboxylic acids is 1. The maximum Gasteiger partial charge on any atom is 0.320 e. The fraction of sp³-hybridized carbons (Fsp3) is 0.500. The minimum absolute atomic E-state index is 0.114. The van der Waals surface area contributed by atoms with Gasteiger partial charge in [-0.3, -0.25) is 9.59 Å². The number of aliphatic hydroxyl groups excluding tert-OH is 1. The van der Waals surface area contributed by atoms with Crippen molar-refractivity contribution in [1.82, 2.24) is 5.32 Å².